The van der Waals surface area contributed by atoms with Gasteiger partial charge in [0.2, 0.25) is 0 Å². The van der Waals surface area contributed by atoms with E-state index in [0.29, 0.717) is 12.8 Å². The average molecular weight is 331 g/mol. The summed E-state index contributed by atoms with van der Waals surface area (Å²) in [7, 11) is -3.36. The molecule has 1 fully saturated rings. The van der Waals surface area contributed by atoms with Crippen LogP contribution < -0.4 is 5.32 Å². The normalized spacial score (nSPS) is 18.1. The summed E-state index contributed by atoms with van der Waals surface area (Å²) in [6.07, 6.45) is 4.34. The third-order valence-corrected chi connectivity index (χ3v) is 6.44. The molecule has 1 aromatic rings. The summed E-state index contributed by atoms with van der Waals surface area (Å²) in [5.74, 6) is -1.57. The van der Waals surface area contributed by atoms with Crippen molar-refractivity contribution >= 4 is 33.1 Å². The molecule has 0 spiro atoms. The fourth-order valence-electron chi connectivity index (χ4n) is 2.47. The zero-order chi connectivity index (χ0) is 15.7. The molecule has 0 atom stereocenters. The first-order valence-electron chi connectivity index (χ1n) is 6.59. The van der Waals surface area contributed by atoms with Gasteiger partial charge in [-0.1, -0.05) is 19.3 Å². The molecule has 1 saturated carbocycles. The highest BCUT2D eigenvalue weighted by Crippen LogP contribution is 2.29. The number of carbonyl (C=O) groups is 2. The highest BCUT2D eigenvalue weighted by atomic mass is 32.2. The minimum atomic E-state index is -3.36. The maximum Gasteiger partial charge on any atom is 0.329 e. The Morgan fingerprint density at radius 2 is 1.90 bits per heavy atom. The average Bonchev–Trinajstić information content (AvgIpc) is 2.89. The number of aliphatic carboxylic acids is 1. The van der Waals surface area contributed by atoms with Crippen LogP contribution in [0.5, 0.6) is 0 Å². The first-order valence-corrected chi connectivity index (χ1v) is 9.36. The second-order valence-electron chi connectivity index (χ2n) is 5.33. The van der Waals surface area contributed by atoms with Gasteiger partial charge in [0, 0.05) is 11.6 Å². The lowest BCUT2D eigenvalue weighted by Crippen LogP contribution is -2.55. The number of carboxylic acids is 1. The molecule has 0 aliphatic heterocycles. The second-order valence-corrected chi connectivity index (χ2v) is 8.48. The number of amides is 1. The number of sulfone groups is 1. The topological polar surface area (TPSA) is 101 Å². The molecule has 0 bridgehead atoms. The second kappa shape index (κ2) is 5.76. The molecule has 1 heterocycles. The van der Waals surface area contributed by atoms with Gasteiger partial charge in [-0.2, -0.15) is 0 Å². The minimum Gasteiger partial charge on any atom is -0.480 e. The van der Waals surface area contributed by atoms with Gasteiger partial charge in [0.1, 0.15) is 9.75 Å². The molecule has 1 amide bonds. The number of carboxylic acid groups (broad SMARTS) is 1. The maximum atomic E-state index is 12.2. The lowest BCUT2D eigenvalue weighted by atomic mass is 9.81. The van der Waals surface area contributed by atoms with Crippen molar-refractivity contribution in [1.29, 1.82) is 0 Å². The van der Waals surface area contributed by atoms with Crippen LogP contribution in [0, 0.1) is 0 Å². The molecule has 8 heteroatoms. The van der Waals surface area contributed by atoms with Crippen molar-refractivity contribution in [1.82, 2.24) is 5.32 Å². The fraction of sp³-hybridized carbons (Fsp3) is 0.538. The van der Waals surface area contributed by atoms with Gasteiger partial charge in [-0.3, -0.25) is 4.79 Å². The third kappa shape index (κ3) is 3.44. The summed E-state index contributed by atoms with van der Waals surface area (Å²) in [6, 6.07) is 1.29. The van der Waals surface area contributed by atoms with Crippen molar-refractivity contribution in [3.63, 3.8) is 0 Å². The number of hydrogen-bond acceptors (Lipinski definition) is 5. The van der Waals surface area contributed by atoms with Crippen LogP contribution >= 0.6 is 11.3 Å². The molecule has 1 aliphatic rings. The summed E-state index contributed by atoms with van der Waals surface area (Å²) in [6.45, 7) is 0. The van der Waals surface area contributed by atoms with Crippen LogP contribution in [0.4, 0.5) is 0 Å². The molecule has 116 valence electrons. The molecule has 0 unspecified atom stereocenters. The highest BCUT2D eigenvalue weighted by Gasteiger charge is 2.41. The van der Waals surface area contributed by atoms with E-state index in [2.05, 4.69) is 5.32 Å². The summed E-state index contributed by atoms with van der Waals surface area (Å²) < 4.78 is 22.9. The van der Waals surface area contributed by atoms with E-state index in [1.165, 1.54) is 11.4 Å². The van der Waals surface area contributed by atoms with Crippen LogP contribution in [-0.2, 0) is 14.6 Å². The third-order valence-electron chi connectivity index (χ3n) is 3.67. The Morgan fingerprint density at radius 1 is 1.29 bits per heavy atom. The lowest BCUT2D eigenvalue weighted by molar-refractivity contribution is -0.145. The van der Waals surface area contributed by atoms with Crippen molar-refractivity contribution in [2.75, 3.05) is 6.26 Å². The number of carbonyl (C=O) groups excluding carboxylic acids is 1. The van der Waals surface area contributed by atoms with E-state index < -0.39 is 27.3 Å². The van der Waals surface area contributed by atoms with Crippen LogP contribution in [0.2, 0.25) is 0 Å². The van der Waals surface area contributed by atoms with E-state index in [9.17, 15) is 23.1 Å². The zero-order valence-corrected chi connectivity index (χ0v) is 13.2. The van der Waals surface area contributed by atoms with Crippen LogP contribution in [0.3, 0.4) is 0 Å². The summed E-state index contributed by atoms with van der Waals surface area (Å²) >= 11 is 0.958. The number of nitrogens with one attached hydrogen (secondary N) is 1. The molecule has 0 aromatic carbocycles. The quantitative estimate of drug-likeness (QED) is 0.874. The Labute approximate surface area is 127 Å². The number of hydrogen-bond donors (Lipinski definition) is 2. The Bertz CT molecular complexity index is 656. The SMILES string of the molecule is CS(=O)(=O)c1cc(C(=O)NC2(C(=O)O)CCCCC2)cs1. The molecule has 0 radical (unpaired) electrons. The molecule has 1 aliphatic carbocycles. The molecule has 0 saturated heterocycles. The largest absolute Gasteiger partial charge is 0.480 e. The molecule has 6 nitrogen and oxygen atoms in total. The predicted octanol–water partition coefficient (Wildman–Crippen LogP) is 1.67. The van der Waals surface area contributed by atoms with Gasteiger partial charge in [0.25, 0.3) is 5.91 Å². The van der Waals surface area contributed by atoms with Crippen molar-refractivity contribution in [3.05, 3.63) is 17.0 Å². The van der Waals surface area contributed by atoms with Crippen molar-refractivity contribution in [2.45, 2.75) is 41.9 Å². The molecule has 21 heavy (non-hydrogen) atoms. The fourth-order valence-corrected chi connectivity index (χ4v) is 4.26. The molecular weight excluding hydrogens is 314 g/mol. The van der Waals surface area contributed by atoms with Crippen molar-refractivity contribution in [3.8, 4) is 0 Å². The Kier molecular flexibility index (Phi) is 4.38. The molecular formula is C13H17NO5S2. The van der Waals surface area contributed by atoms with Gasteiger partial charge < -0.3 is 10.4 Å². The molecule has 2 rings (SSSR count). The van der Waals surface area contributed by atoms with Gasteiger partial charge in [0.15, 0.2) is 9.84 Å². The standard InChI is InChI=1S/C13H17NO5S2/c1-21(18,19)10-7-9(8-20-10)11(15)14-13(12(16)17)5-3-2-4-6-13/h7-8H,2-6H2,1H3,(H,14,15)(H,16,17). The van der Waals surface area contributed by atoms with Gasteiger partial charge in [-0.25, -0.2) is 13.2 Å². The van der Waals surface area contributed by atoms with Crippen LogP contribution in [0.25, 0.3) is 0 Å². The Balaban J connectivity index is 2.20. The monoisotopic (exact) mass is 331 g/mol. The van der Waals surface area contributed by atoms with Crippen LogP contribution in [0.15, 0.2) is 15.7 Å². The van der Waals surface area contributed by atoms with E-state index in [-0.39, 0.29) is 9.77 Å². The van der Waals surface area contributed by atoms with Gasteiger partial charge in [-0.15, -0.1) is 11.3 Å². The van der Waals surface area contributed by atoms with E-state index in [4.69, 9.17) is 0 Å². The smallest absolute Gasteiger partial charge is 0.329 e. The van der Waals surface area contributed by atoms with Crippen LogP contribution in [-0.4, -0.2) is 37.2 Å². The first kappa shape index (κ1) is 16.0. The van der Waals surface area contributed by atoms with Crippen LogP contribution in [0.1, 0.15) is 42.5 Å². The number of rotatable bonds is 4. The highest BCUT2D eigenvalue weighted by molar-refractivity contribution is 7.92. The van der Waals surface area contributed by atoms with Crippen molar-refractivity contribution < 1.29 is 23.1 Å². The molecule has 1 aromatic heterocycles. The van der Waals surface area contributed by atoms with E-state index in [1.807, 2.05) is 0 Å². The van der Waals surface area contributed by atoms with E-state index in [0.717, 1.165) is 36.9 Å². The minimum absolute atomic E-state index is 0.0978. The maximum absolute atomic E-state index is 12.2. The summed E-state index contributed by atoms with van der Waals surface area (Å²) in [5.41, 5.74) is -1.05. The van der Waals surface area contributed by atoms with E-state index >= 15 is 0 Å². The lowest BCUT2D eigenvalue weighted by Gasteiger charge is -2.33. The van der Waals surface area contributed by atoms with E-state index in [1.54, 1.807) is 0 Å². The Hall–Kier alpha value is -1.41. The first-order chi connectivity index (χ1) is 9.74. The van der Waals surface area contributed by atoms with Gasteiger partial charge in [0.05, 0.1) is 5.56 Å². The summed E-state index contributed by atoms with van der Waals surface area (Å²) in [5, 5.41) is 13.4. The zero-order valence-electron chi connectivity index (χ0n) is 11.6. The van der Waals surface area contributed by atoms with Gasteiger partial charge >= 0.3 is 5.97 Å². The van der Waals surface area contributed by atoms with Crippen molar-refractivity contribution in [2.24, 2.45) is 0 Å². The summed E-state index contributed by atoms with van der Waals surface area (Å²) in [4.78, 5) is 23.7. The number of thiophene rings is 1. The van der Waals surface area contributed by atoms with Gasteiger partial charge in [-0.05, 0) is 18.9 Å². The molecule has 2 N–H and O–H groups in total. The Morgan fingerprint density at radius 3 is 2.38 bits per heavy atom. The predicted molar refractivity (Wildman–Crippen MR) is 78.3 cm³/mol.